The molecule has 0 fully saturated rings. The van der Waals surface area contributed by atoms with Gasteiger partial charge in [-0.25, -0.2) is 9.48 Å². The summed E-state index contributed by atoms with van der Waals surface area (Å²) in [6, 6.07) is 7.40. The smallest absolute Gasteiger partial charge is 0.356 e. The van der Waals surface area contributed by atoms with E-state index in [1.807, 2.05) is 12.1 Å². The Labute approximate surface area is 117 Å². The minimum absolute atomic E-state index is 0.0138. The van der Waals surface area contributed by atoms with Crippen molar-refractivity contribution in [3.8, 4) is 5.75 Å². The van der Waals surface area contributed by atoms with Crippen LogP contribution in [-0.2, 0) is 6.73 Å². The highest BCUT2D eigenvalue weighted by molar-refractivity contribution is 5.84. The van der Waals surface area contributed by atoms with Crippen LogP contribution in [-0.4, -0.2) is 20.9 Å². The molecule has 1 N–H and O–H groups in total. The molecule has 5 heteroatoms. The third-order valence-electron chi connectivity index (χ3n) is 3.09. The molecule has 5 nitrogen and oxygen atoms in total. The van der Waals surface area contributed by atoms with Gasteiger partial charge in [0.2, 0.25) is 0 Å². The number of aryl methyl sites for hydroxylation is 1. The minimum Gasteiger partial charge on any atom is -0.476 e. The summed E-state index contributed by atoms with van der Waals surface area (Å²) in [7, 11) is 0. The van der Waals surface area contributed by atoms with Gasteiger partial charge in [-0.3, -0.25) is 0 Å². The molecule has 1 aromatic carbocycles. The molecule has 2 aromatic rings. The second-order valence-electron chi connectivity index (χ2n) is 4.99. The van der Waals surface area contributed by atoms with Crippen LogP contribution in [0.5, 0.6) is 5.75 Å². The normalized spacial score (nSPS) is 10.8. The fourth-order valence-corrected chi connectivity index (χ4v) is 2.07. The maximum absolute atomic E-state index is 10.7. The van der Waals surface area contributed by atoms with Crippen molar-refractivity contribution in [2.24, 2.45) is 0 Å². The van der Waals surface area contributed by atoms with E-state index in [2.05, 4.69) is 31.9 Å². The molecule has 106 valence electrons. The lowest BCUT2D eigenvalue weighted by atomic mass is 9.98. The number of hydrogen-bond donors (Lipinski definition) is 1. The van der Waals surface area contributed by atoms with E-state index in [0.717, 1.165) is 5.75 Å². The van der Waals surface area contributed by atoms with Gasteiger partial charge in [-0.05, 0) is 42.2 Å². The number of aromatic carboxylic acids is 1. The summed E-state index contributed by atoms with van der Waals surface area (Å²) in [5.74, 6) is 0.188. The first-order chi connectivity index (χ1) is 9.47. The van der Waals surface area contributed by atoms with Crippen LogP contribution < -0.4 is 4.74 Å². The number of carbonyl (C=O) groups is 1. The summed E-state index contributed by atoms with van der Waals surface area (Å²) in [5, 5.41) is 12.7. The van der Waals surface area contributed by atoms with E-state index in [1.54, 1.807) is 6.20 Å². The van der Waals surface area contributed by atoms with Gasteiger partial charge < -0.3 is 9.84 Å². The third-order valence-corrected chi connectivity index (χ3v) is 3.09. The number of ether oxygens (including phenoxy) is 1. The average Bonchev–Trinajstić information content (AvgIpc) is 2.85. The Bertz CT molecular complexity index is 617. The van der Waals surface area contributed by atoms with Gasteiger partial charge in [0.05, 0.1) is 0 Å². The van der Waals surface area contributed by atoms with Gasteiger partial charge in [0.15, 0.2) is 12.4 Å². The highest BCUT2D eigenvalue weighted by Crippen LogP contribution is 2.23. The van der Waals surface area contributed by atoms with E-state index in [1.165, 1.54) is 21.9 Å². The lowest BCUT2D eigenvalue weighted by molar-refractivity contribution is 0.0688. The molecule has 0 aliphatic rings. The van der Waals surface area contributed by atoms with Gasteiger partial charge in [-0.2, -0.15) is 5.10 Å². The van der Waals surface area contributed by atoms with Crippen LogP contribution in [0.15, 0.2) is 30.5 Å². The van der Waals surface area contributed by atoms with Gasteiger partial charge in [-0.15, -0.1) is 0 Å². The van der Waals surface area contributed by atoms with E-state index in [9.17, 15) is 4.79 Å². The van der Waals surface area contributed by atoms with E-state index < -0.39 is 5.97 Å². The zero-order chi connectivity index (χ0) is 14.7. The Morgan fingerprint density at radius 3 is 2.70 bits per heavy atom. The van der Waals surface area contributed by atoms with Crippen molar-refractivity contribution in [1.29, 1.82) is 0 Å². The first-order valence-electron chi connectivity index (χ1n) is 6.47. The molecule has 1 aromatic heterocycles. The van der Waals surface area contributed by atoms with Crippen LogP contribution in [0.2, 0.25) is 0 Å². The molecule has 0 aliphatic heterocycles. The van der Waals surface area contributed by atoms with E-state index >= 15 is 0 Å². The van der Waals surface area contributed by atoms with Gasteiger partial charge in [0.1, 0.15) is 5.75 Å². The lowest BCUT2D eigenvalue weighted by Crippen LogP contribution is -2.08. The Morgan fingerprint density at radius 1 is 1.40 bits per heavy atom. The Hall–Kier alpha value is -2.30. The van der Waals surface area contributed by atoms with Gasteiger partial charge >= 0.3 is 5.97 Å². The largest absolute Gasteiger partial charge is 0.476 e. The monoisotopic (exact) mass is 274 g/mol. The van der Waals surface area contributed by atoms with Crippen LogP contribution in [0.4, 0.5) is 0 Å². The molecule has 0 atom stereocenters. The Morgan fingerprint density at radius 2 is 2.15 bits per heavy atom. The summed E-state index contributed by atoms with van der Waals surface area (Å²) in [5.41, 5.74) is 2.49. The number of hydrogen-bond acceptors (Lipinski definition) is 3. The number of carboxylic acids is 1. The first-order valence-corrected chi connectivity index (χ1v) is 6.47. The van der Waals surface area contributed by atoms with Crippen LogP contribution in [0.25, 0.3) is 0 Å². The van der Waals surface area contributed by atoms with E-state index in [-0.39, 0.29) is 12.4 Å². The molecule has 0 radical (unpaired) electrons. The van der Waals surface area contributed by atoms with Crippen molar-refractivity contribution in [2.75, 3.05) is 0 Å². The molecule has 20 heavy (non-hydrogen) atoms. The van der Waals surface area contributed by atoms with Gasteiger partial charge in [0.25, 0.3) is 0 Å². The summed E-state index contributed by atoms with van der Waals surface area (Å²) in [4.78, 5) is 10.7. The summed E-state index contributed by atoms with van der Waals surface area (Å²) in [6.07, 6.45) is 1.58. The second kappa shape index (κ2) is 5.77. The number of benzene rings is 1. The molecule has 0 bridgehead atoms. The Balaban J connectivity index is 2.03. The summed E-state index contributed by atoms with van der Waals surface area (Å²) < 4.78 is 7.06. The number of nitrogens with zero attached hydrogens (tertiary/aromatic N) is 2. The SMILES string of the molecule is Cc1cc(OCn2ccc(C(=O)O)n2)ccc1C(C)C. The maximum atomic E-state index is 10.7. The number of aromatic nitrogens is 2. The quantitative estimate of drug-likeness (QED) is 0.910. The predicted molar refractivity (Wildman–Crippen MR) is 75.1 cm³/mol. The maximum Gasteiger partial charge on any atom is 0.356 e. The molecule has 0 amide bonds. The average molecular weight is 274 g/mol. The van der Waals surface area contributed by atoms with Crippen molar-refractivity contribution < 1.29 is 14.6 Å². The van der Waals surface area contributed by atoms with Gasteiger partial charge in [0, 0.05) is 6.20 Å². The second-order valence-corrected chi connectivity index (χ2v) is 4.99. The summed E-state index contributed by atoms with van der Waals surface area (Å²) >= 11 is 0. The molecule has 0 saturated heterocycles. The molecular weight excluding hydrogens is 256 g/mol. The first kappa shape index (κ1) is 14.1. The van der Waals surface area contributed by atoms with Crippen molar-refractivity contribution >= 4 is 5.97 Å². The number of carboxylic acid groups (broad SMARTS) is 1. The van der Waals surface area contributed by atoms with Crippen LogP contribution in [0.1, 0.15) is 41.4 Å². The lowest BCUT2D eigenvalue weighted by Gasteiger charge is -2.12. The highest BCUT2D eigenvalue weighted by Gasteiger charge is 2.07. The van der Waals surface area contributed by atoms with Crippen molar-refractivity contribution in [3.63, 3.8) is 0 Å². The fourth-order valence-electron chi connectivity index (χ4n) is 2.07. The Kier molecular flexibility index (Phi) is 4.08. The fraction of sp³-hybridized carbons (Fsp3) is 0.333. The summed E-state index contributed by atoms with van der Waals surface area (Å²) in [6.45, 7) is 6.55. The standard InChI is InChI=1S/C15H18N2O3/c1-10(2)13-5-4-12(8-11(13)3)20-9-17-7-6-14(16-17)15(18)19/h4-8,10H,9H2,1-3H3,(H,18,19). The molecule has 1 heterocycles. The van der Waals surface area contributed by atoms with Crippen LogP contribution in [0, 0.1) is 6.92 Å². The highest BCUT2D eigenvalue weighted by atomic mass is 16.5. The predicted octanol–water partition coefficient (Wildman–Crippen LogP) is 3.05. The minimum atomic E-state index is -1.04. The molecule has 2 rings (SSSR count). The van der Waals surface area contributed by atoms with Gasteiger partial charge in [-0.1, -0.05) is 19.9 Å². The topological polar surface area (TPSA) is 64.3 Å². The van der Waals surface area contributed by atoms with Crippen LogP contribution in [0.3, 0.4) is 0 Å². The third kappa shape index (κ3) is 3.17. The van der Waals surface area contributed by atoms with E-state index in [4.69, 9.17) is 9.84 Å². The molecule has 0 unspecified atom stereocenters. The molecule has 0 spiro atoms. The van der Waals surface area contributed by atoms with Crippen molar-refractivity contribution in [1.82, 2.24) is 9.78 Å². The van der Waals surface area contributed by atoms with E-state index in [0.29, 0.717) is 5.92 Å². The zero-order valence-electron chi connectivity index (χ0n) is 11.8. The zero-order valence-corrected chi connectivity index (χ0v) is 11.8. The molecule has 0 saturated carbocycles. The molecule has 0 aliphatic carbocycles. The van der Waals surface area contributed by atoms with Crippen LogP contribution >= 0.6 is 0 Å². The van der Waals surface area contributed by atoms with Crippen molar-refractivity contribution in [3.05, 3.63) is 47.3 Å². The molecular formula is C15H18N2O3. The van der Waals surface area contributed by atoms with Crippen molar-refractivity contribution in [2.45, 2.75) is 33.4 Å². The number of rotatable bonds is 5.